The van der Waals surface area contributed by atoms with Crippen molar-refractivity contribution >= 4 is 52.7 Å². The third-order valence-electron chi connectivity index (χ3n) is 3.91. The summed E-state index contributed by atoms with van der Waals surface area (Å²) >= 11 is 11.7. The van der Waals surface area contributed by atoms with E-state index in [1.807, 2.05) is 0 Å². The van der Waals surface area contributed by atoms with E-state index in [-0.39, 0.29) is 10.7 Å². The second-order valence-corrected chi connectivity index (χ2v) is 6.68. The van der Waals surface area contributed by atoms with Crippen LogP contribution >= 0.6 is 23.2 Å². The van der Waals surface area contributed by atoms with Gasteiger partial charge in [-0.1, -0.05) is 30.1 Å². The summed E-state index contributed by atoms with van der Waals surface area (Å²) in [6.07, 6.45) is 0.381. The van der Waals surface area contributed by atoms with Gasteiger partial charge in [0.05, 0.1) is 10.7 Å². The predicted octanol–water partition coefficient (Wildman–Crippen LogP) is 2.20. The Hall–Kier alpha value is -2.32. The molecule has 1 atom stereocenters. The minimum Gasteiger partial charge on any atom is -0.454 e. The lowest BCUT2D eigenvalue weighted by Gasteiger charge is -2.18. The van der Waals surface area contributed by atoms with Gasteiger partial charge >= 0.3 is 12.0 Å². The Labute approximate surface area is 159 Å². The normalized spacial score (nSPS) is 19.3. The lowest BCUT2D eigenvalue weighted by atomic mass is 9.99. The number of esters is 1. The summed E-state index contributed by atoms with van der Waals surface area (Å²) in [5.41, 5.74) is -0.772. The van der Waals surface area contributed by atoms with Gasteiger partial charge in [-0.15, -0.1) is 0 Å². The summed E-state index contributed by atoms with van der Waals surface area (Å²) in [5, 5.41) is 5.61. The van der Waals surface area contributed by atoms with Crippen LogP contribution in [0, 0.1) is 0 Å². The number of carbonyl (C=O) groups is 4. The third-order valence-corrected chi connectivity index (χ3v) is 4.47. The smallest absolute Gasteiger partial charge is 0.326 e. The molecule has 8 nitrogen and oxygen atoms in total. The van der Waals surface area contributed by atoms with Crippen LogP contribution in [0.25, 0.3) is 0 Å². The number of hydrogen-bond donors (Lipinski definition) is 2. The van der Waals surface area contributed by atoms with Crippen molar-refractivity contribution in [3.63, 3.8) is 0 Å². The first kappa shape index (κ1) is 20.0. The van der Waals surface area contributed by atoms with Gasteiger partial charge in [-0.3, -0.25) is 19.3 Å². The van der Waals surface area contributed by atoms with Crippen LogP contribution in [0.15, 0.2) is 18.2 Å². The fourth-order valence-electron chi connectivity index (χ4n) is 2.23. The molecular formula is C16H17Cl2N3O5. The molecule has 10 heteroatoms. The zero-order chi connectivity index (χ0) is 19.5. The van der Waals surface area contributed by atoms with E-state index in [2.05, 4.69) is 10.6 Å². The fraction of sp³-hybridized carbons (Fsp3) is 0.375. The van der Waals surface area contributed by atoms with Gasteiger partial charge in [-0.2, -0.15) is 0 Å². The Morgan fingerprint density at radius 2 is 2.00 bits per heavy atom. The van der Waals surface area contributed by atoms with Crippen LogP contribution in [0.4, 0.5) is 10.5 Å². The third kappa shape index (κ3) is 4.44. The standard InChI is InChI=1S/C16H17Cl2N3O5/c1-3-16(2)14(24)21(15(25)20-16)7-13(23)26-8-12(22)19-11-6-9(17)4-5-10(11)18/h4-6H,3,7-8H2,1-2H3,(H,19,22)(H,20,25)/t16-/m1/s1. The summed E-state index contributed by atoms with van der Waals surface area (Å²) in [5.74, 6) is -2.04. The first-order valence-electron chi connectivity index (χ1n) is 7.71. The molecule has 140 valence electrons. The highest BCUT2D eigenvalue weighted by molar-refractivity contribution is 6.35. The molecule has 1 heterocycles. The number of nitrogens with zero attached hydrogens (tertiary/aromatic N) is 1. The van der Waals surface area contributed by atoms with Gasteiger partial charge in [0.15, 0.2) is 6.61 Å². The van der Waals surface area contributed by atoms with Crippen molar-refractivity contribution in [2.75, 3.05) is 18.5 Å². The number of imide groups is 1. The summed E-state index contributed by atoms with van der Waals surface area (Å²) in [6.45, 7) is 2.13. The van der Waals surface area contributed by atoms with Crippen LogP contribution < -0.4 is 10.6 Å². The van der Waals surface area contributed by atoms with E-state index >= 15 is 0 Å². The van der Waals surface area contributed by atoms with Crippen molar-refractivity contribution in [2.24, 2.45) is 0 Å². The van der Waals surface area contributed by atoms with Gasteiger partial charge in [-0.25, -0.2) is 4.79 Å². The molecule has 0 spiro atoms. The predicted molar refractivity (Wildman–Crippen MR) is 95.0 cm³/mol. The highest BCUT2D eigenvalue weighted by atomic mass is 35.5. The lowest BCUT2D eigenvalue weighted by molar-refractivity contribution is -0.150. The van der Waals surface area contributed by atoms with Crippen molar-refractivity contribution in [3.8, 4) is 0 Å². The largest absolute Gasteiger partial charge is 0.454 e. The average molecular weight is 402 g/mol. The maximum atomic E-state index is 12.2. The van der Waals surface area contributed by atoms with Crippen LogP contribution in [-0.4, -0.2) is 47.4 Å². The maximum Gasteiger partial charge on any atom is 0.326 e. The molecule has 1 aromatic carbocycles. The molecule has 1 aromatic rings. The molecule has 2 rings (SSSR count). The van der Waals surface area contributed by atoms with Crippen LogP contribution in [0.1, 0.15) is 20.3 Å². The Morgan fingerprint density at radius 3 is 2.62 bits per heavy atom. The number of ether oxygens (including phenoxy) is 1. The first-order valence-corrected chi connectivity index (χ1v) is 8.46. The van der Waals surface area contributed by atoms with Gasteiger partial charge in [0, 0.05) is 5.02 Å². The minimum atomic E-state index is -1.04. The lowest BCUT2D eigenvalue weighted by Crippen LogP contribution is -2.43. The van der Waals surface area contributed by atoms with E-state index in [1.54, 1.807) is 19.9 Å². The number of urea groups is 1. The zero-order valence-corrected chi connectivity index (χ0v) is 15.6. The van der Waals surface area contributed by atoms with Crippen LogP contribution in [0.3, 0.4) is 0 Å². The molecule has 1 fully saturated rings. The molecule has 0 aromatic heterocycles. The zero-order valence-electron chi connectivity index (χ0n) is 14.1. The molecule has 0 radical (unpaired) electrons. The van der Waals surface area contributed by atoms with E-state index < -0.39 is 42.5 Å². The Kier molecular flexibility index (Phi) is 6.09. The molecular weight excluding hydrogens is 385 g/mol. The molecule has 1 aliphatic heterocycles. The maximum absolute atomic E-state index is 12.2. The van der Waals surface area contributed by atoms with Crippen LogP contribution in [0.5, 0.6) is 0 Å². The second-order valence-electron chi connectivity index (χ2n) is 5.84. The molecule has 1 saturated heterocycles. The number of halogens is 2. The summed E-state index contributed by atoms with van der Waals surface area (Å²) < 4.78 is 4.81. The topological polar surface area (TPSA) is 105 Å². The number of benzene rings is 1. The number of hydrogen-bond acceptors (Lipinski definition) is 5. The first-order chi connectivity index (χ1) is 12.2. The second kappa shape index (κ2) is 7.92. The number of nitrogens with one attached hydrogen (secondary N) is 2. The van der Waals surface area contributed by atoms with Crippen molar-refractivity contribution in [1.82, 2.24) is 10.2 Å². The molecule has 0 aliphatic carbocycles. The van der Waals surface area contributed by atoms with E-state index in [4.69, 9.17) is 27.9 Å². The number of anilines is 1. The van der Waals surface area contributed by atoms with Crippen molar-refractivity contribution in [3.05, 3.63) is 28.2 Å². The molecule has 1 aliphatic rings. The van der Waals surface area contributed by atoms with Crippen molar-refractivity contribution < 1.29 is 23.9 Å². The van der Waals surface area contributed by atoms with Crippen LogP contribution in [0.2, 0.25) is 10.0 Å². The average Bonchev–Trinajstić information content (AvgIpc) is 2.80. The Bertz CT molecular complexity index is 770. The fourth-order valence-corrected chi connectivity index (χ4v) is 2.57. The summed E-state index contributed by atoms with van der Waals surface area (Å²) in [6, 6.07) is 3.84. The van der Waals surface area contributed by atoms with E-state index in [0.29, 0.717) is 11.4 Å². The molecule has 4 amide bonds. The van der Waals surface area contributed by atoms with Crippen molar-refractivity contribution in [2.45, 2.75) is 25.8 Å². The monoisotopic (exact) mass is 401 g/mol. The van der Waals surface area contributed by atoms with Gasteiger partial charge in [0.25, 0.3) is 11.8 Å². The highest BCUT2D eigenvalue weighted by Gasteiger charge is 2.47. The molecule has 0 bridgehead atoms. The SMILES string of the molecule is CC[C@@]1(C)NC(=O)N(CC(=O)OCC(=O)Nc2cc(Cl)ccc2Cl)C1=O. The number of rotatable bonds is 6. The van der Waals surface area contributed by atoms with E-state index in [0.717, 1.165) is 4.90 Å². The van der Waals surface area contributed by atoms with Crippen molar-refractivity contribution in [1.29, 1.82) is 0 Å². The van der Waals surface area contributed by atoms with E-state index in [1.165, 1.54) is 12.1 Å². The summed E-state index contributed by atoms with van der Waals surface area (Å²) in [4.78, 5) is 48.5. The van der Waals surface area contributed by atoms with Gasteiger partial charge in [0.2, 0.25) is 0 Å². The molecule has 26 heavy (non-hydrogen) atoms. The van der Waals surface area contributed by atoms with Gasteiger partial charge in [0.1, 0.15) is 12.1 Å². The van der Waals surface area contributed by atoms with Gasteiger partial charge in [-0.05, 0) is 31.5 Å². The number of amides is 4. The number of carbonyl (C=O) groups excluding carboxylic acids is 4. The Balaban J connectivity index is 1.87. The molecule has 0 unspecified atom stereocenters. The molecule has 2 N–H and O–H groups in total. The Morgan fingerprint density at radius 1 is 1.31 bits per heavy atom. The van der Waals surface area contributed by atoms with Gasteiger partial charge < -0.3 is 15.4 Å². The highest BCUT2D eigenvalue weighted by Crippen LogP contribution is 2.25. The molecule has 0 saturated carbocycles. The van der Waals surface area contributed by atoms with E-state index in [9.17, 15) is 19.2 Å². The summed E-state index contributed by atoms with van der Waals surface area (Å²) in [7, 11) is 0. The van der Waals surface area contributed by atoms with Crippen LogP contribution in [-0.2, 0) is 19.1 Å². The quantitative estimate of drug-likeness (QED) is 0.561. The minimum absolute atomic E-state index is 0.271.